The van der Waals surface area contributed by atoms with Crippen LogP contribution in [0.3, 0.4) is 0 Å². The van der Waals surface area contributed by atoms with Crippen molar-refractivity contribution in [2.45, 2.75) is 44.6 Å². The summed E-state index contributed by atoms with van der Waals surface area (Å²) in [6.07, 6.45) is 7.58. The topological polar surface area (TPSA) is 93.5 Å². The van der Waals surface area contributed by atoms with Crippen LogP contribution >= 0.6 is 12.4 Å². The predicted octanol–water partition coefficient (Wildman–Crippen LogP) is 2.82. The van der Waals surface area contributed by atoms with Gasteiger partial charge in [-0.05, 0) is 18.9 Å². The quantitative estimate of drug-likeness (QED) is 0.317. The highest BCUT2D eigenvalue weighted by Gasteiger charge is 2.15. The average Bonchev–Trinajstić information content (AvgIpc) is 2.86. The number of para-hydroxylation sites is 2. The zero-order chi connectivity index (χ0) is 17.2. The van der Waals surface area contributed by atoms with E-state index in [1.165, 1.54) is 50.7 Å². The molecule has 25 heavy (non-hydrogen) atoms. The van der Waals surface area contributed by atoms with Crippen molar-refractivity contribution in [3.8, 4) is 5.75 Å². The molecule has 1 saturated carbocycles. The van der Waals surface area contributed by atoms with Crippen molar-refractivity contribution in [1.82, 2.24) is 10.6 Å². The van der Waals surface area contributed by atoms with Crippen LogP contribution in [-0.4, -0.2) is 36.6 Å². The van der Waals surface area contributed by atoms with Gasteiger partial charge in [-0.3, -0.25) is 14.9 Å². The summed E-state index contributed by atoms with van der Waals surface area (Å²) in [5, 5.41) is 17.1. The smallest absolute Gasteiger partial charge is 0.310 e. The lowest BCUT2D eigenvalue weighted by molar-refractivity contribution is -0.385. The van der Waals surface area contributed by atoms with E-state index < -0.39 is 4.92 Å². The van der Waals surface area contributed by atoms with Crippen molar-refractivity contribution in [1.29, 1.82) is 0 Å². The van der Waals surface area contributed by atoms with Crippen LogP contribution in [0, 0.1) is 10.1 Å². The first-order valence-electron chi connectivity index (χ1n) is 8.53. The number of hydrogen-bond acceptors (Lipinski definition) is 5. The minimum atomic E-state index is -0.524. The van der Waals surface area contributed by atoms with E-state index in [0.717, 1.165) is 6.54 Å². The first-order chi connectivity index (χ1) is 11.7. The van der Waals surface area contributed by atoms with Gasteiger partial charge in [-0.1, -0.05) is 37.8 Å². The van der Waals surface area contributed by atoms with E-state index in [0.29, 0.717) is 12.6 Å². The predicted molar refractivity (Wildman–Crippen MR) is 98.3 cm³/mol. The molecule has 1 amide bonds. The van der Waals surface area contributed by atoms with Crippen molar-refractivity contribution in [3.63, 3.8) is 0 Å². The Bertz CT molecular complexity index is 548. The Balaban J connectivity index is 0.00000312. The third-order valence-corrected chi connectivity index (χ3v) is 4.16. The van der Waals surface area contributed by atoms with E-state index in [-0.39, 0.29) is 36.4 Å². The Morgan fingerprint density at radius 3 is 2.52 bits per heavy atom. The average molecular weight is 372 g/mol. The molecule has 0 heterocycles. The zero-order valence-electron chi connectivity index (χ0n) is 14.2. The van der Waals surface area contributed by atoms with Gasteiger partial charge in [0.25, 0.3) is 5.91 Å². The Hall–Kier alpha value is -1.86. The summed E-state index contributed by atoms with van der Waals surface area (Å²) in [5.74, 6) is -0.176. The summed E-state index contributed by atoms with van der Waals surface area (Å²) in [6, 6.07) is 6.58. The lowest BCUT2D eigenvalue weighted by Crippen LogP contribution is -2.38. The fraction of sp³-hybridized carbons (Fsp3) is 0.588. The first-order valence-corrected chi connectivity index (χ1v) is 8.53. The molecule has 0 aliphatic heterocycles. The van der Waals surface area contributed by atoms with E-state index in [9.17, 15) is 14.9 Å². The van der Waals surface area contributed by atoms with Gasteiger partial charge in [0.1, 0.15) is 0 Å². The molecule has 1 aliphatic carbocycles. The van der Waals surface area contributed by atoms with Gasteiger partial charge in [-0.25, -0.2) is 0 Å². The number of rotatable bonds is 8. The van der Waals surface area contributed by atoms with Crippen LogP contribution < -0.4 is 15.4 Å². The van der Waals surface area contributed by atoms with Gasteiger partial charge in [-0.2, -0.15) is 0 Å². The van der Waals surface area contributed by atoms with Crippen LogP contribution in [0.2, 0.25) is 0 Å². The number of carbonyl (C=O) groups excluding carboxylic acids is 1. The molecule has 0 unspecified atom stereocenters. The minimum absolute atomic E-state index is 0. The molecular formula is C17H26ClN3O4. The summed E-state index contributed by atoms with van der Waals surface area (Å²) in [6.45, 7) is 1.02. The van der Waals surface area contributed by atoms with E-state index in [2.05, 4.69) is 10.6 Å². The van der Waals surface area contributed by atoms with Crippen LogP contribution in [0.25, 0.3) is 0 Å². The summed E-state index contributed by atoms with van der Waals surface area (Å²) in [4.78, 5) is 22.1. The number of carbonyl (C=O) groups is 1. The Morgan fingerprint density at radius 2 is 1.84 bits per heavy atom. The lowest BCUT2D eigenvalue weighted by atomic mass is 10.1. The molecule has 1 aromatic carbocycles. The Labute approximate surface area is 154 Å². The molecule has 0 saturated heterocycles. The standard InChI is InChI=1S/C17H25N3O4.ClH/c21-17(13-24-16-10-6-5-9-15(16)20(22)23)19-12-11-18-14-7-3-1-2-4-8-14;/h5-6,9-10,14,18H,1-4,7-8,11-13H2,(H,19,21);1H. The molecule has 140 valence electrons. The molecule has 8 heteroatoms. The second kappa shape index (κ2) is 11.7. The molecule has 0 atom stereocenters. The fourth-order valence-corrected chi connectivity index (χ4v) is 2.89. The van der Waals surface area contributed by atoms with Gasteiger partial charge in [-0.15, -0.1) is 12.4 Å². The second-order valence-corrected chi connectivity index (χ2v) is 6.01. The summed E-state index contributed by atoms with van der Waals surface area (Å²) in [5.41, 5.74) is -0.139. The number of nitro benzene ring substituents is 1. The van der Waals surface area contributed by atoms with E-state index in [4.69, 9.17) is 4.74 Å². The Morgan fingerprint density at radius 1 is 1.16 bits per heavy atom. The number of ether oxygens (including phenoxy) is 1. The fourth-order valence-electron chi connectivity index (χ4n) is 2.89. The number of hydrogen-bond donors (Lipinski definition) is 2. The summed E-state index contributed by atoms with van der Waals surface area (Å²) >= 11 is 0. The summed E-state index contributed by atoms with van der Waals surface area (Å²) in [7, 11) is 0. The number of benzene rings is 1. The van der Waals surface area contributed by atoms with Crippen molar-refractivity contribution in [2.24, 2.45) is 0 Å². The number of halogens is 1. The highest BCUT2D eigenvalue weighted by Crippen LogP contribution is 2.25. The number of nitrogens with zero attached hydrogens (tertiary/aromatic N) is 1. The Kier molecular flexibility index (Phi) is 9.87. The normalized spacial score (nSPS) is 14.9. The zero-order valence-corrected chi connectivity index (χ0v) is 15.1. The number of nitro groups is 1. The molecular weight excluding hydrogens is 346 g/mol. The van der Waals surface area contributed by atoms with Gasteiger partial charge < -0.3 is 15.4 Å². The molecule has 0 radical (unpaired) electrons. The van der Waals surface area contributed by atoms with Gasteiger partial charge in [0.2, 0.25) is 0 Å². The molecule has 7 nitrogen and oxygen atoms in total. The molecule has 1 aromatic rings. The molecule has 2 N–H and O–H groups in total. The maximum atomic E-state index is 11.8. The SMILES string of the molecule is Cl.O=C(COc1ccccc1[N+](=O)[O-])NCCNC1CCCCCC1. The van der Waals surface area contributed by atoms with Crippen LogP contribution in [0.15, 0.2) is 24.3 Å². The van der Waals surface area contributed by atoms with E-state index in [1.807, 2.05) is 0 Å². The molecule has 0 aromatic heterocycles. The third kappa shape index (κ3) is 7.70. The van der Waals surface area contributed by atoms with Crippen LogP contribution in [0.5, 0.6) is 5.75 Å². The summed E-state index contributed by atoms with van der Waals surface area (Å²) < 4.78 is 5.25. The highest BCUT2D eigenvalue weighted by molar-refractivity contribution is 5.85. The van der Waals surface area contributed by atoms with E-state index >= 15 is 0 Å². The molecule has 1 aliphatic rings. The lowest BCUT2D eigenvalue weighted by Gasteiger charge is -2.16. The molecule has 2 rings (SSSR count). The van der Waals surface area contributed by atoms with Gasteiger partial charge in [0.05, 0.1) is 4.92 Å². The number of nitrogens with one attached hydrogen (secondary N) is 2. The first kappa shape index (κ1) is 21.2. The molecule has 0 spiro atoms. The van der Waals surface area contributed by atoms with Crippen LogP contribution in [0.1, 0.15) is 38.5 Å². The highest BCUT2D eigenvalue weighted by atomic mass is 35.5. The third-order valence-electron chi connectivity index (χ3n) is 4.16. The minimum Gasteiger partial charge on any atom is -0.477 e. The monoisotopic (exact) mass is 371 g/mol. The number of amides is 1. The molecule has 1 fully saturated rings. The largest absolute Gasteiger partial charge is 0.477 e. The van der Waals surface area contributed by atoms with Crippen molar-refractivity contribution in [2.75, 3.05) is 19.7 Å². The molecule has 0 bridgehead atoms. The van der Waals surface area contributed by atoms with Gasteiger partial charge in [0.15, 0.2) is 12.4 Å². The van der Waals surface area contributed by atoms with Crippen LogP contribution in [-0.2, 0) is 4.79 Å². The van der Waals surface area contributed by atoms with Crippen molar-refractivity contribution >= 4 is 24.0 Å². The van der Waals surface area contributed by atoms with Crippen LogP contribution in [0.4, 0.5) is 5.69 Å². The van der Waals surface area contributed by atoms with Gasteiger partial charge in [0, 0.05) is 25.2 Å². The second-order valence-electron chi connectivity index (χ2n) is 6.01. The van der Waals surface area contributed by atoms with Crippen molar-refractivity contribution in [3.05, 3.63) is 34.4 Å². The van der Waals surface area contributed by atoms with E-state index in [1.54, 1.807) is 12.1 Å². The van der Waals surface area contributed by atoms with Crippen molar-refractivity contribution < 1.29 is 14.5 Å². The maximum absolute atomic E-state index is 11.8. The van der Waals surface area contributed by atoms with Gasteiger partial charge >= 0.3 is 5.69 Å². The maximum Gasteiger partial charge on any atom is 0.310 e.